The number of benzene rings is 1. The Hall–Kier alpha value is -0.860. The van der Waals surface area contributed by atoms with Gasteiger partial charge in [0.05, 0.1) is 0 Å². The predicted octanol–water partition coefficient (Wildman–Crippen LogP) is 3.42. The molecule has 2 nitrogen and oxygen atoms in total. The average Bonchev–Trinajstić information content (AvgIpc) is 2.44. The monoisotopic (exact) mass is 260 g/mol. The summed E-state index contributed by atoms with van der Waals surface area (Å²) in [4.78, 5) is 2.66. The summed E-state index contributed by atoms with van der Waals surface area (Å²) in [5.41, 5.74) is 7.13. The Balaban J connectivity index is 1.98. The first-order chi connectivity index (χ1) is 9.29. The molecule has 2 N–H and O–H groups in total. The molecular weight excluding hydrogens is 232 g/mol. The average molecular weight is 260 g/mol. The fourth-order valence-electron chi connectivity index (χ4n) is 3.24. The third-order valence-corrected chi connectivity index (χ3v) is 4.30. The molecule has 1 aliphatic rings. The minimum absolute atomic E-state index is 0.760. The lowest BCUT2D eigenvalue weighted by Gasteiger charge is -2.36. The normalized spacial score (nSPS) is 23.7. The van der Waals surface area contributed by atoms with Crippen LogP contribution < -0.4 is 5.73 Å². The van der Waals surface area contributed by atoms with Crippen LogP contribution in [-0.2, 0) is 6.54 Å². The first-order valence-corrected chi connectivity index (χ1v) is 7.77. The van der Waals surface area contributed by atoms with Crippen molar-refractivity contribution in [1.29, 1.82) is 0 Å². The highest BCUT2D eigenvalue weighted by Crippen LogP contribution is 2.28. The van der Waals surface area contributed by atoms with Gasteiger partial charge in [0.2, 0.25) is 0 Å². The molecule has 0 aliphatic heterocycles. The van der Waals surface area contributed by atoms with Crippen molar-refractivity contribution in [3.8, 4) is 0 Å². The van der Waals surface area contributed by atoms with E-state index in [1.165, 1.54) is 31.2 Å². The molecule has 1 saturated carbocycles. The number of rotatable bonds is 6. The molecule has 0 amide bonds. The molecule has 2 unspecified atom stereocenters. The van der Waals surface area contributed by atoms with Gasteiger partial charge in [-0.05, 0) is 43.8 Å². The zero-order valence-corrected chi connectivity index (χ0v) is 12.2. The molecule has 0 saturated heterocycles. The van der Waals surface area contributed by atoms with Crippen molar-refractivity contribution in [2.75, 3.05) is 13.1 Å². The van der Waals surface area contributed by atoms with Crippen molar-refractivity contribution in [1.82, 2.24) is 4.90 Å². The summed E-state index contributed by atoms with van der Waals surface area (Å²) in [6.45, 7) is 5.42. The molecule has 1 aromatic carbocycles. The van der Waals surface area contributed by atoms with Crippen LogP contribution in [0.25, 0.3) is 0 Å². The van der Waals surface area contributed by atoms with Crippen LogP contribution in [0.15, 0.2) is 30.3 Å². The van der Waals surface area contributed by atoms with E-state index in [0.717, 1.165) is 38.0 Å². The summed E-state index contributed by atoms with van der Waals surface area (Å²) in [5.74, 6) is 0.884. The summed E-state index contributed by atoms with van der Waals surface area (Å²) in [5, 5.41) is 0. The summed E-state index contributed by atoms with van der Waals surface area (Å²) in [6.07, 6.45) is 6.63. The Labute approximate surface area is 118 Å². The van der Waals surface area contributed by atoms with Crippen LogP contribution in [-0.4, -0.2) is 24.0 Å². The quantitative estimate of drug-likeness (QED) is 0.849. The Morgan fingerprint density at radius 3 is 2.68 bits per heavy atom. The molecule has 2 atom stereocenters. The van der Waals surface area contributed by atoms with Gasteiger partial charge in [0.1, 0.15) is 0 Å². The second-order valence-corrected chi connectivity index (χ2v) is 6.02. The van der Waals surface area contributed by atoms with Gasteiger partial charge in [-0.1, -0.05) is 50.1 Å². The van der Waals surface area contributed by atoms with Crippen molar-refractivity contribution in [3.63, 3.8) is 0 Å². The zero-order valence-electron chi connectivity index (χ0n) is 12.2. The lowest BCUT2D eigenvalue weighted by Crippen LogP contribution is -2.39. The smallest absolute Gasteiger partial charge is 0.0236 e. The fraction of sp³-hybridized carbons (Fsp3) is 0.647. The van der Waals surface area contributed by atoms with Gasteiger partial charge in [-0.25, -0.2) is 0 Å². The molecule has 1 fully saturated rings. The molecule has 106 valence electrons. The van der Waals surface area contributed by atoms with Gasteiger partial charge in [-0.15, -0.1) is 0 Å². The van der Waals surface area contributed by atoms with Crippen LogP contribution in [0.3, 0.4) is 0 Å². The SMILES string of the molecule is CC1CCCC(N(CCCN)Cc2ccccc2)C1. The minimum atomic E-state index is 0.760. The topological polar surface area (TPSA) is 29.3 Å². The van der Waals surface area contributed by atoms with E-state index in [4.69, 9.17) is 5.73 Å². The van der Waals surface area contributed by atoms with E-state index in [2.05, 4.69) is 42.2 Å². The number of hydrogen-bond donors (Lipinski definition) is 1. The summed E-state index contributed by atoms with van der Waals surface area (Å²) < 4.78 is 0. The molecule has 0 spiro atoms. The number of nitrogens with two attached hydrogens (primary N) is 1. The molecule has 0 radical (unpaired) electrons. The highest BCUT2D eigenvalue weighted by atomic mass is 15.2. The first kappa shape index (κ1) is 14.5. The third kappa shape index (κ3) is 4.63. The Morgan fingerprint density at radius 2 is 2.00 bits per heavy atom. The lowest BCUT2D eigenvalue weighted by atomic mass is 9.86. The highest BCUT2D eigenvalue weighted by molar-refractivity contribution is 5.14. The van der Waals surface area contributed by atoms with Gasteiger partial charge in [0.25, 0.3) is 0 Å². The maximum Gasteiger partial charge on any atom is 0.0236 e. The molecule has 0 heterocycles. The first-order valence-electron chi connectivity index (χ1n) is 7.77. The number of hydrogen-bond acceptors (Lipinski definition) is 2. The molecule has 0 aromatic heterocycles. The second kappa shape index (κ2) is 7.66. The van der Waals surface area contributed by atoms with Gasteiger partial charge in [0.15, 0.2) is 0 Å². The van der Waals surface area contributed by atoms with E-state index in [0.29, 0.717) is 0 Å². The van der Waals surface area contributed by atoms with Crippen LogP contribution in [0.1, 0.15) is 44.6 Å². The second-order valence-electron chi connectivity index (χ2n) is 6.02. The molecule has 2 rings (SSSR count). The molecule has 2 heteroatoms. The van der Waals surface area contributed by atoms with Crippen LogP contribution in [0.5, 0.6) is 0 Å². The largest absolute Gasteiger partial charge is 0.330 e. The summed E-state index contributed by atoms with van der Waals surface area (Å²) in [6, 6.07) is 11.6. The molecule has 1 aromatic rings. The van der Waals surface area contributed by atoms with Gasteiger partial charge < -0.3 is 5.73 Å². The Kier molecular flexibility index (Phi) is 5.87. The standard InChI is InChI=1S/C17H28N2/c1-15-7-5-10-17(13-15)19(12-6-11-18)14-16-8-3-2-4-9-16/h2-4,8-9,15,17H,5-7,10-14,18H2,1H3. The van der Waals surface area contributed by atoms with Crippen LogP contribution >= 0.6 is 0 Å². The van der Waals surface area contributed by atoms with E-state index in [-0.39, 0.29) is 0 Å². The summed E-state index contributed by atoms with van der Waals surface area (Å²) >= 11 is 0. The lowest BCUT2D eigenvalue weighted by molar-refractivity contribution is 0.126. The zero-order chi connectivity index (χ0) is 13.5. The third-order valence-electron chi connectivity index (χ3n) is 4.30. The Morgan fingerprint density at radius 1 is 1.21 bits per heavy atom. The molecule has 0 bridgehead atoms. The van der Waals surface area contributed by atoms with Crippen molar-refractivity contribution in [3.05, 3.63) is 35.9 Å². The van der Waals surface area contributed by atoms with E-state index in [9.17, 15) is 0 Å². The van der Waals surface area contributed by atoms with Crippen molar-refractivity contribution in [2.24, 2.45) is 11.7 Å². The minimum Gasteiger partial charge on any atom is -0.330 e. The van der Waals surface area contributed by atoms with Crippen LogP contribution in [0.2, 0.25) is 0 Å². The highest BCUT2D eigenvalue weighted by Gasteiger charge is 2.24. The number of nitrogens with zero attached hydrogens (tertiary/aromatic N) is 1. The van der Waals surface area contributed by atoms with Crippen molar-refractivity contribution >= 4 is 0 Å². The molecule has 19 heavy (non-hydrogen) atoms. The maximum absolute atomic E-state index is 5.70. The van der Waals surface area contributed by atoms with Crippen LogP contribution in [0, 0.1) is 5.92 Å². The maximum atomic E-state index is 5.70. The Bertz CT molecular complexity index is 350. The van der Waals surface area contributed by atoms with E-state index in [1.54, 1.807) is 0 Å². The van der Waals surface area contributed by atoms with Crippen molar-refractivity contribution in [2.45, 2.75) is 51.6 Å². The van der Waals surface area contributed by atoms with E-state index >= 15 is 0 Å². The van der Waals surface area contributed by atoms with Gasteiger partial charge in [-0.2, -0.15) is 0 Å². The molecular formula is C17H28N2. The van der Waals surface area contributed by atoms with Crippen molar-refractivity contribution < 1.29 is 0 Å². The van der Waals surface area contributed by atoms with Gasteiger partial charge in [0, 0.05) is 12.6 Å². The van der Waals surface area contributed by atoms with Crippen LogP contribution in [0.4, 0.5) is 0 Å². The van der Waals surface area contributed by atoms with E-state index in [1.807, 2.05) is 0 Å². The fourth-order valence-corrected chi connectivity index (χ4v) is 3.24. The summed E-state index contributed by atoms with van der Waals surface area (Å²) in [7, 11) is 0. The van der Waals surface area contributed by atoms with Gasteiger partial charge >= 0.3 is 0 Å². The van der Waals surface area contributed by atoms with Gasteiger partial charge in [-0.3, -0.25) is 4.90 Å². The predicted molar refractivity (Wildman–Crippen MR) is 81.9 cm³/mol. The molecule has 1 aliphatic carbocycles. The van der Waals surface area contributed by atoms with E-state index < -0.39 is 0 Å².